The van der Waals surface area contributed by atoms with Gasteiger partial charge in [0.2, 0.25) is 15.8 Å². The fourth-order valence-electron chi connectivity index (χ4n) is 3.71. The summed E-state index contributed by atoms with van der Waals surface area (Å²) < 4.78 is 32.4. The third kappa shape index (κ3) is 5.41. The van der Waals surface area contributed by atoms with Crippen LogP contribution < -0.4 is 4.90 Å². The zero-order chi connectivity index (χ0) is 26.0. The molecule has 9 nitrogen and oxygen atoms in total. The van der Waals surface area contributed by atoms with Crippen LogP contribution in [0.2, 0.25) is 10.0 Å². The molecule has 13 heteroatoms. The summed E-state index contributed by atoms with van der Waals surface area (Å²) in [6.45, 7) is 2.76. The minimum absolute atomic E-state index is 0.128. The van der Waals surface area contributed by atoms with Gasteiger partial charge in [0.15, 0.2) is 0 Å². The van der Waals surface area contributed by atoms with Crippen LogP contribution >= 0.6 is 34.5 Å². The number of benzene rings is 2. The minimum Gasteiger partial charge on any atom is -0.378 e. The number of thiophene rings is 1. The van der Waals surface area contributed by atoms with Crippen molar-refractivity contribution in [2.75, 3.05) is 38.3 Å². The van der Waals surface area contributed by atoms with Crippen LogP contribution in [0.25, 0.3) is 0 Å². The van der Waals surface area contributed by atoms with E-state index >= 15 is 0 Å². The molecule has 0 N–H and O–H groups in total. The maximum Gasteiger partial charge on any atom is 0.289 e. The van der Waals surface area contributed by atoms with Crippen molar-refractivity contribution >= 4 is 61.7 Å². The second kappa shape index (κ2) is 10.8. The fourth-order valence-corrected chi connectivity index (χ4v) is 6.38. The molecule has 190 valence electrons. The quantitative estimate of drug-likeness (QED) is 0.216. The summed E-state index contributed by atoms with van der Waals surface area (Å²) in [5.41, 5.74) is 1.41. The highest BCUT2D eigenvalue weighted by atomic mass is 35.5. The van der Waals surface area contributed by atoms with Crippen molar-refractivity contribution in [3.8, 4) is 0 Å². The van der Waals surface area contributed by atoms with Gasteiger partial charge in [-0.1, -0.05) is 23.2 Å². The number of nitrogens with zero attached hydrogens (tertiary/aromatic N) is 3. The number of carbonyl (C=O) groups is 1. The third-order valence-corrected chi connectivity index (χ3v) is 9.42. The number of ether oxygens (including phenoxy) is 1. The molecule has 0 bridgehead atoms. The van der Waals surface area contributed by atoms with Crippen molar-refractivity contribution in [2.45, 2.75) is 11.4 Å². The lowest BCUT2D eigenvalue weighted by molar-refractivity contribution is -0.384. The molecule has 1 aromatic heterocycles. The zero-order valence-electron chi connectivity index (χ0n) is 19.0. The summed E-state index contributed by atoms with van der Waals surface area (Å²) >= 11 is 13.4. The Morgan fingerprint density at radius 2 is 1.83 bits per heavy atom. The second-order valence-electron chi connectivity index (χ2n) is 8.01. The number of morpholine rings is 1. The molecule has 1 saturated heterocycles. The predicted octanol–water partition coefficient (Wildman–Crippen LogP) is 4.85. The number of hydrogen-bond donors (Lipinski definition) is 0. The van der Waals surface area contributed by atoms with E-state index in [0.29, 0.717) is 29.2 Å². The normalized spacial score (nSPS) is 14.3. The van der Waals surface area contributed by atoms with Crippen LogP contribution in [0.5, 0.6) is 0 Å². The first kappa shape index (κ1) is 26.5. The van der Waals surface area contributed by atoms with Gasteiger partial charge in [0.1, 0.15) is 5.02 Å². The highest BCUT2D eigenvalue weighted by Gasteiger charge is 2.27. The van der Waals surface area contributed by atoms with Crippen molar-refractivity contribution in [1.82, 2.24) is 4.31 Å². The van der Waals surface area contributed by atoms with Crippen molar-refractivity contribution in [3.05, 3.63) is 84.0 Å². The Bertz CT molecular complexity index is 1400. The zero-order valence-corrected chi connectivity index (χ0v) is 22.2. The number of carbonyl (C=O) groups excluding carboxylic acids is 1. The van der Waals surface area contributed by atoms with E-state index in [-0.39, 0.29) is 27.3 Å². The largest absolute Gasteiger partial charge is 0.378 e. The van der Waals surface area contributed by atoms with Gasteiger partial charge in [-0.3, -0.25) is 14.9 Å². The first-order valence-electron chi connectivity index (χ1n) is 10.7. The fraction of sp³-hybridized carbons (Fsp3) is 0.261. The molecule has 0 atom stereocenters. The summed E-state index contributed by atoms with van der Waals surface area (Å²) in [7, 11) is -2.76. The average Bonchev–Trinajstić information content (AvgIpc) is 3.23. The number of rotatable bonds is 8. The first-order chi connectivity index (χ1) is 17.1. The molecule has 4 rings (SSSR count). The van der Waals surface area contributed by atoms with E-state index in [1.807, 2.05) is 12.1 Å². The van der Waals surface area contributed by atoms with E-state index in [1.54, 1.807) is 17.5 Å². The number of ketones is 1. The highest BCUT2D eigenvalue weighted by Crippen LogP contribution is 2.33. The van der Waals surface area contributed by atoms with Gasteiger partial charge in [-0.15, -0.1) is 11.3 Å². The molecule has 0 saturated carbocycles. The summed E-state index contributed by atoms with van der Waals surface area (Å²) in [4.78, 5) is 25.7. The van der Waals surface area contributed by atoms with Crippen molar-refractivity contribution < 1.29 is 22.9 Å². The van der Waals surface area contributed by atoms with E-state index in [9.17, 15) is 23.3 Å². The number of anilines is 1. The van der Waals surface area contributed by atoms with Gasteiger partial charge >= 0.3 is 0 Å². The molecule has 0 spiro atoms. The van der Waals surface area contributed by atoms with Crippen molar-refractivity contribution in [3.63, 3.8) is 0 Å². The van der Waals surface area contributed by atoms with E-state index in [4.69, 9.17) is 27.9 Å². The number of sulfonamides is 1. The van der Waals surface area contributed by atoms with Gasteiger partial charge in [-0.2, -0.15) is 4.31 Å². The molecule has 0 radical (unpaired) electrons. The Morgan fingerprint density at radius 3 is 2.47 bits per heavy atom. The summed E-state index contributed by atoms with van der Waals surface area (Å²) in [5.74, 6) is -0.261. The third-order valence-electron chi connectivity index (χ3n) is 5.73. The topological polar surface area (TPSA) is 110 Å². The van der Waals surface area contributed by atoms with E-state index < -0.39 is 20.6 Å². The molecule has 1 aliphatic rings. The van der Waals surface area contributed by atoms with Crippen LogP contribution in [0.1, 0.15) is 20.8 Å². The van der Waals surface area contributed by atoms with Crippen LogP contribution in [0, 0.1) is 10.1 Å². The average molecular weight is 570 g/mol. The van der Waals surface area contributed by atoms with Crippen LogP contribution in [0.3, 0.4) is 0 Å². The molecule has 1 aliphatic heterocycles. The summed E-state index contributed by atoms with van der Waals surface area (Å²) in [6.07, 6.45) is 0. The van der Waals surface area contributed by atoms with Gasteiger partial charge in [-0.05, 0) is 47.3 Å². The molecular weight excluding hydrogens is 549 g/mol. The molecule has 0 unspecified atom stereocenters. The molecule has 0 aliphatic carbocycles. The van der Waals surface area contributed by atoms with E-state index in [0.717, 1.165) is 40.5 Å². The van der Waals surface area contributed by atoms with Gasteiger partial charge in [0, 0.05) is 44.0 Å². The highest BCUT2D eigenvalue weighted by molar-refractivity contribution is 7.89. The lowest BCUT2D eigenvalue weighted by atomic mass is 10.1. The molecule has 1 fully saturated rings. The predicted molar refractivity (Wildman–Crippen MR) is 139 cm³/mol. The Labute approximate surface area is 222 Å². The SMILES string of the molecule is CN(Cc1csc(C(=O)c2ccc(N3CCOCC3)cc2)c1Cl)S(=O)(=O)c1ccc(Cl)c([N+](=O)[O-])c1. The van der Waals surface area contributed by atoms with Gasteiger partial charge in [0.25, 0.3) is 5.69 Å². The molecule has 2 aromatic carbocycles. The molecular formula is C23H21Cl2N3O6S2. The Kier molecular flexibility index (Phi) is 7.98. The molecule has 3 aromatic rings. The Morgan fingerprint density at radius 1 is 1.17 bits per heavy atom. The maximum absolute atomic E-state index is 13.1. The lowest BCUT2D eigenvalue weighted by Crippen LogP contribution is -2.36. The number of nitro groups is 1. The number of hydrogen-bond acceptors (Lipinski definition) is 8. The van der Waals surface area contributed by atoms with Crippen molar-refractivity contribution in [1.29, 1.82) is 0 Å². The first-order valence-corrected chi connectivity index (χ1v) is 13.8. The Balaban J connectivity index is 1.51. The lowest BCUT2D eigenvalue weighted by Gasteiger charge is -2.28. The number of nitro benzene ring substituents is 1. The van der Waals surface area contributed by atoms with Gasteiger partial charge in [-0.25, -0.2) is 8.42 Å². The smallest absolute Gasteiger partial charge is 0.289 e. The van der Waals surface area contributed by atoms with Gasteiger partial charge < -0.3 is 9.64 Å². The van der Waals surface area contributed by atoms with Crippen LogP contribution in [-0.4, -0.2) is 56.8 Å². The van der Waals surface area contributed by atoms with Crippen molar-refractivity contribution in [2.24, 2.45) is 0 Å². The molecule has 36 heavy (non-hydrogen) atoms. The standard InChI is InChI=1S/C23H21Cl2N3O6S2/c1-26(36(32,33)18-6-7-19(24)20(12-18)28(30)31)13-16-14-35-23(21(16)25)22(29)15-2-4-17(5-3-15)27-8-10-34-11-9-27/h2-7,12,14H,8-11,13H2,1H3. The second-order valence-corrected chi connectivity index (χ2v) is 11.7. The number of halogens is 2. The summed E-state index contributed by atoms with van der Waals surface area (Å²) in [5, 5.41) is 12.8. The van der Waals surface area contributed by atoms with Crippen LogP contribution in [-0.2, 0) is 21.3 Å². The molecule has 0 amide bonds. The Hall–Kier alpha value is -2.54. The van der Waals surface area contributed by atoms with E-state index in [2.05, 4.69) is 4.90 Å². The van der Waals surface area contributed by atoms with E-state index in [1.165, 1.54) is 19.2 Å². The van der Waals surface area contributed by atoms with Gasteiger partial charge in [0.05, 0.1) is 32.9 Å². The maximum atomic E-state index is 13.1. The van der Waals surface area contributed by atoms with Crippen LogP contribution in [0.15, 0.2) is 52.7 Å². The molecule has 2 heterocycles. The monoisotopic (exact) mass is 569 g/mol. The minimum atomic E-state index is -4.09. The van der Waals surface area contributed by atoms with Crippen LogP contribution in [0.4, 0.5) is 11.4 Å². The summed E-state index contributed by atoms with van der Waals surface area (Å²) in [6, 6.07) is 10.5.